The number of halogens is 1. The topological polar surface area (TPSA) is 53.7 Å². The van der Waals surface area contributed by atoms with Crippen LogP contribution >= 0.6 is 11.6 Å². The third kappa shape index (κ3) is 3.80. The fourth-order valence-corrected chi connectivity index (χ4v) is 2.26. The van der Waals surface area contributed by atoms with Gasteiger partial charge in [0.25, 0.3) is 0 Å². The predicted molar refractivity (Wildman–Crippen MR) is 83.7 cm³/mol. The number of hydrogen-bond acceptors (Lipinski definition) is 4. The smallest absolute Gasteiger partial charge is 0.134 e. The monoisotopic (exact) mass is 307 g/mol. The molecule has 2 N–H and O–H groups in total. The summed E-state index contributed by atoms with van der Waals surface area (Å²) < 4.78 is 16.2. The lowest BCUT2D eigenvalue weighted by Gasteiger charge is -2.12. The van der Waals surface area contributed by atoms with E-state index >= 15 is 0 Å². The predicted octanol–water partition coefficient (Wildman–Crippen LogP) is 4.17. The maximum atomic E-state index is 6.20. The molecule has 0 aromatic heterocycles. The van der Waals surface area contributed by atoms with E-state index in [2.05, 4.69) is 0 Å². The summed E-state index contributed by atoms with van der Waals surface area (Å²) in [5, 5.41) is 0.581. The molecule has 4 nitrogen and oxygen atoms in total. The van der Waals surface area contributed by atoms with Crippen LogP contribution in [-0.4, -0.2) is 14.2 Å². The Balaban J connectivity index is 2.27. The Kier molecular flexibility index (Phi) is 4.94. The Hall–Kier alpha value is -1.91. The molecule has 2 rings (SSSR count). The number of methoxy groups -OCH3 is 2. The van der Waals surface area contributed by atoms with Crippen LogP contribution < -0.4 is 19.9 Å². The Bertz CT molecular complexity index is 607. The molecule has 0 heterocycles. The third-order valence-electron chi connectivity index (χ3n) is 3.02. The molecule has 5 heteroatoms. The van der Waals surface area contributed by atoms with Crippen LogP contribution in [0.5, 0.6) is 23.0 Å². The van der Waals surface area contributed by atoms with Crippen LogP contribution in [0.4, 0.5) is 0 Å². The lowest BCUT2D eigenvalue weighted by molar-refractivity contribution is 0.386. The Morgan fingerprint density at radius 1 is 0.905 bits per heavy atom. The van der Waals surface area contributed by atoms with Gasteiger partial charge in [0.1, 0.15) is 23.0 Å². The fourth-order valence-electron chi connectivity index (χ4n) is 1.92. The molecule has 0 bridgehead atoms. The van der Waals surface area contributed by atoms with E-state index < -0.39 is 0 Å². The van der Waals surface area contributed by atoms with E-state index in [1.165, 1.54) is 0 Å². The van der Waals surface area contributed by atoms with Gasteiger partial charge in [0.15, 0.2) is 0 Å². The number of ether oxygens (including phenoxy) is 3. The normalized spacial score (nSPS) is 11.9. The third-order valence-corrected chi connectivity index (χ3v) is 3.35. The van der Waals surface area contributed by atoms with Crippen molar-refractivity contribution in [2.75, 3.05) is 14.2 Å². The van der Waals surface area contributed by atoms with Crippen LogP contribution in [0.15, 0.2) is 36.4 Å². The summed E-state index contributed by atoms with van der Waals surface area (Å²) in [6.07, 6.45) is 0. The molecule has 112 valence electrons. The van der Waals surface area contributed by atoms with E-state index in [-0.39, 0.29) is 6.04 Å². The first-order valence-corrected chi connectivity index (χ1v) is 6.87. The summed E-state index contributed by atoms with van der Waals surface area (Å²) in [6.45, 7) is 1.88. The van der Waals surface area contributed by atoms with Crippen LogP contribution in [0.3, 0.4) is 0 Å². The minimum Gasteiger partial charge on any atom is -0.496 e. The standard InChI is InChI=1S/C16H18ClNO3/c1-10(18)15-5-4-11(9-16(15)17)21-14-7-12(19-2)6-13(8-14)20-3/h4-10H,18H2,1-3H3. The highest BCUT2D eigenvalue weighted by Crippen LogP contribution is 2.33. The number of benzene rings is 2. The molecule has 0 saturated carbocycles. The minimum atomic E-state index is -0.122. The van der Waals surface area contributed by atoms with Crippen LogP contribution in [0, 0.1) is 0 Å². The van der Waals surface area contributed by atoms with Gasteiger partial charge in [-0.3, -0.25) is 0 Å². The second kappa shape index (κ2) is 6.70. The minimum absolute atomic E-state index is 0.122. The SMILES string of the molecule is COc1cc(OC)cc(Oc2ccc(C(C)N)c(Cl)c2)c1. The molecular weight excluding hydrogens is 290 g/mol. The van der Waals surface area contributed by atoms with E-state index in [4.69, 9.17) is 31.5 Å². The van der Waals surface area contributed by atoms with Gasteiger partial charge in [-0.1, -0.05) is 17.7 Å². The highest BCUT2D eigenvalue weighted by Gasteiger charge is 2.08. The van der Waals surface area contributed by atoms with Crippen molar-refractivity contribution in [1.29, 1.82) is 0 Å². The quantitative estimate of drug-likeness (QED) is 0.900. The first-order valence-electron chi connectivity index (χ1n) is 6.49. The molecule has 0 spiro atoms. The zero-order valence-electron chi connectivity index (χ0n) is 12.2. The average Bonchev–Trinajstić information content (AvgIpc) is 2.46. The molecule has 0 aliphatic rings. The fraction of sp³-hybridized carbons (Fsp3) is 0.250. The molecule has 2 aromatic rings. The molecule has 0 aliphatic carbocycles. The van der Waals surface area contributed by atoms with Gasteiger partial charge in [0.2, 0.25) is 0 Å². The molecule has 0 fully saturated rings. The summed E-state index contributed by atoms with van der Waals surface area (Å²) >= 11 is 6.20. The number of hydrogen-bond donors (Lipinski definition) is 1. The van der Waals surface area contributed by atoms with Gasteiger partial charge in [-0.25, -0.2) is 0 Å². The Labute approximate surface area is 129 Å². The zero-order valence-corrected chi connectivity index (χ0v) is 13.0. The van der Waals surface area contributed by atoms with Crippen molar-refractivity contribution in [3.05, 3.63) is 47.0 Å². The molecule has 0 aliphatic heterocycles. The summed E-state index contributed by atoms with van der Waals surface area (Å²) in [6, 6.07) is 10.6. The van der Waals surface area contributed by atoms with Crippen molar-refractivity contribution in [3.8, 4) is 23.0 Å². The second-order valence-corrected chi connectivity index (χ2v) is 5.03. The van der Waals surface area contributed by atoms with Crippen LogP contribution in [0.2, 0.25) is 5.02 Å². The Morgan fingerprint density at radius 3 is 1.95 bits per heavy atom. The van der Waals surface area contributed by atoms with Gasteiger partial charge < -0.3 is 19.9 Å². The van der Waals surface area contributed by atoms with Crippen LogP contribution in [0.25, 0.3) is 0 Å². The zero-order chi connectivity index (χ0) is 15.4. The average molecular weight is 308 g/mol. The van der Waals surface area contributed by atoms with Crippen molar-refractivity contribution in [2.24, 2.45) is 5.73 Å². The van der Waals surface area contributed by atoms with E-state index in [1.807, 2.05) is 19.1 Å². The summed E-state index contributed by atoms with van der Waals surface area (Å²) in [5.74, 6) is 2.54. The molecule has 1 unspecified atom stereocenters. The summed E-state index contributed by atoms with van der Waals surface area (Å²) in [5.41, 5.74) is 6.72. The molecule has 0 saturated heterocycles. The lowest BCUT2D eigenvalue weighted by Crippen LogP contribution is -2.05. The van der Waals surface area contributed by atoms with Crippen LogP contribution in [-0.2, 0) is 0 Å². The highest BCUT2D eigenvalue weighted by atomic mass is 35.5. The maximum absolute atomic E-state index is 6.20. The van der Waals surface area contributed by atoms with E-state index in [0.717, 1.165) is 5.56 Å². The highest BCUT2D eigenvalue weighted by molar-refractivity contribution is 6.31. The molecule has 0 radical (unpaired) electrons. The molecule has 1 atom stereocenters. The van der Waals surface area contributed by atoms with Crippen molar-refractivity contribution >= 4 is 11.6 Å². The molecule has 0 amide bonds. The van der Waals surface area contributed by atoms with Crippen molar-refractivity contribution in [2.45, 2.75) is 13.0 Å². The molecular formula is C16H18ClNO3. The maximum Gasteiger partial charge on any atom is 0.134 e. The van der Waals surface area contributed by atoms with Crippen LogP contribution in [0.1, 0.15) is 18.5 Å². The van der Waals surface area contributed by atoms with Gasteiger partial charge in [0.05, 0.1) is 14.2 Å². The van der Waals surface area contributed by atoms with E-state index in [0.29, 0.717) is 28.0 Å². The lowest BCUT2D eigenvalue weighted by atomic mass is 10.1. The molecule has 2 aromatic carbocycles. The number of nitrogens with two attached hydrogens (primary N) is 1. The van der Waals surface area contributed by atoms with Crippen molar-refractivity contribution in [3.63, 3.8) is 0 Å². The molecule has 21 heavy (non-hydrogen) atoms. The first kappa shape index (κ1) is 15.5. The summed E-state index contributed by atoms with van der Waals surface area (Å²) in [4.78, 5) is 0. The van der Waals surface area contributed by atoms with Gasteiger partial charge >= 0.3 is 0 Å². The van der Waals surface area contributed by atoms with Gasteiger partial charge in [-0.05, 0) is 24.6 Å². The van der Waals surface area contributed by atoms with Crippen molar-refractivity contribution in [1.82, 2.24) is 0 Å². The first-order chi connectivity index (χ1) is 10.0. The summed E-state index contributed by atoms with van der Waals surface area (Å²) in [7, 11) is 3.18. The largest absolute Gasteiger partial charge is 0.496 e. The van der Waals surface area contributed by atoms with Gasteiger partial charge in [-0.2, -0.15) is 0 Å². The Morgan fingerprint density at radius 2 is 1.48 bits per heavy atom. The van der Waals surface area contributed by atoms with E-state index in [9.17, 15) is 0 Å². The van der Waals surface area contributed by atoms with Crippen molar-refractivity contribution < 1.29 is 14.2 Å². The van der Waals surface area contributed by atoms with E-state index in [1.54, 1.807) is 38.5 Å². The van der Waals surface area contributed by atoms with Gasteiger partial charge in [0, 0.05) is 29.3 Å². The second-order valence-electron chi connectivity index (χ2n) is 4.62. The number of rotatable bonds is 5. The van der Waals surface area contributed by atoms with Gasteiger partial charge in [-0.15, -0.1) is 0 Å².